The van der Waals surface area contributed by atoms with Crippen molar-refractivity contribution in [1.29, 1.82) is 0 Å². The first-order valence-corrected chi connectivity index (χ1v) is 8.69. The Kier molecular flexibility index (Phi) is 6.17. The van der Waals surface area contributed by atoms with Gasteiger partial charge in [0.2, 0.25) is 10.0 Å². The summed E-state index contributed by atoms with van der Waals surface area (Å²) in [6.45, 7) is 0. The summed E-state index contributed by atoms with van der Waals surface area (Å²) in [4.78, 5) is 22.1. The Morgan fingerprint density at radius 1 is 1.33 bits per heavy atom. The molecule has 10 heteroatoms. The Hall–Kier alpha value is -1.13. The number of hydrogen-bond donors (Lipinski definition) is 2. The van der Waals surface area contributed by atoms with E-state index in [1.54, 1.807) is 0 Å². The predicted octanol–water partition coefficient (Wildman–Crippen LogP) is 2.21. The van der Waals surface area contributed by atoms with Crippen molar-refractivity contribution in [1.82, 2.24) is 0 Å². The van der Waals surface area contributed by atoms with E-state index in [2.05, 4.69) is 41.3 Å². The van der Waals surface area contributed by atoms with Crippen molar-refractivity contribution >= 4 is 59.5 Å². The van der Waals surface area contributed by atoms with Gasteiger partial charge in [-0.1, -0.05) is 15.9 Å². The van der Waals surface area contributed by atoms with Crippen molar-refractivity contribution in [3.05, 3.63) is 26.6 Å². The van der Waals surface area contributed by atoms with E-state index in [4.69, 9.17) is 5.11 Å². The number of carboxylic acids is 1. The minimum atomic E-state index is -3.89. The topological polar surface area (TPSA) is 110 Å². The lowest BCUT2D eigenvalue weighted by Crippen LogP contribution is -2.21. The van der Waals surface area contributed by atoms with E-state index in [-0.39, 0.29) is 22.1 Å². The third-order valence-corrected chi connectivity index (χ3v) is 4.69. The molecule has 0 aliphatic rings. The van der Waals surface area contributed by atoms with Gasteiger partial charge in [0, 0.05) is 8.95 Å². The maximum absolute atomic E-state index is 11.9. The van der Waals surface area contributed by atoms with Gasteiger partial charge in [0.05, 0.1) is 30.5 Å². The molecule has 0 aliphatic carbocycles. The van der Waals surface area contributed by atoms with Gasteiger partial charge in [-0.2, -0.15) is 0 Å². The second-order valence-electron chi connectivity index (χ2n) is 3.86. The van der Waals surface area contributed by atoms with Gasteiger partial charge in [0.1, 0.15) is 0 Å². The van der Waals surface area contributed by atoms with E-state index in [9.17, 15) is 18.0 Å². The molecule has 116 valence electrons. The number of aromatic carboxylic acids is 1. The number of esters is 1. The normalized spacial score (nSPS) is 11.0. The van der Waals surface area contributed by atoms with Crippen molar-refractivity contribution in [2.24, 2.45) is 0 Å². The zero-order valence-corrected chi connectivity index (χ0v) is 14.7. The van der Waals surface area contributed by atoms with Crippen LogP contribution >= 0.6 is 31.9 Å². The molecule has 0 atom stereocenters. The van der Waals surface area contributed by atoms with Crippen molar-refractivity contribution < 1.29 is 27.9 Å². The molecule has 0 unspecified atom stereocenters. The molecule has 0 saturated heterocycles. The Bertz CT molecular complexity index is 674. The molecule has 0 spiro atoms. The van der Waals surface area contributed by atoms with E-state index < -0.39 is 27.7 Å². The van der Waals surface area contributed by atoms with Crippen LogP contribution in [0.4, 0.5) is 5.69 Å². The van der Waals surface area contributed by atoms with Crippen LogP contribution in [0.5, 0.6) is 0 Å². The third kappa shape index (κ3) is 5.29. The van der Waals surface area contributed by atoms with Crippen molar-refractivity contribution in [3.8, 4) is 0 Å². The molecular weight excluding hydrogens is 434 g/mol. The van der Waals surface area contributed by atoms with Gasteiger partial charge < -0.3 is 9.84 Å². The molecule has 0 saturated carbocycles. The van der Waals surface area contributed by atoms with Crippen LogP contribution in [0.3, 0.4) is 0 Å². The largest absolute Gasteiger partial charge is 0.478 e. The van der Waals surface area contributed by atoms with Crippen molar-refractivity contribution in [3.63, 3.8) is 0 Å². The highest BCUT2D eigenvalue weighted by molar-refractivity contribution is 9.11. The van der Waals surface area contributed by atoms with Crippen LogP contribution in [0.1, 0.15) is 16.8 Å². The van der Waals surface area contributed by atoms with E-state index in [1.165, 1.54) is 12.1 Å². The lowest BCUT2D eigenvalue weighted by molar-refractivity contribution is -0.140. The molecule has 1 aromatic carbocycles. The fraction of sp³-hybridized carbons (Fsp3) is 0.273. The van der Waals surface area contributed by atoms with Crippen molar-refractivity contribution in [2.45, 2.75) is 6.42 Å². The van der Waals surface area contributed by atoms with Gasteiger partial charge in [-0.3, -0.25) is 9.52 Å². The molecule has 1 rings (SSSR count). The van der Waals surface area contributed by atoms with Gasteiger partial charge in [0.15, 0.2) is 0 Å². The molecule has 21 heavy (non-hydrogen) atoms. The summed E-state index contributed by atoms with van der Waals surface area (Å²) >= 11 is 6.22. The Morgan fingerprint density at radius 2 is 1.95 bits per heavy atom. The lowest BCUT2D eigenvalue weighted by Gasteiger charge is -2.12. The number of ether oxygens (including phenoxy) is 1. The van der Waals surface area contributed by atoms with Crippen LogP contribution in [0, 0.1) is 0 Å². The van der Waals surface area contributed by atoms with Gasteiger partial charge in [-0.15, -0.1) is 0 Å². The van der Waals surface area contributed by atoms with Crippen LogP contribution in [-0.2, 0) is 19.6 Å². The van der Waals surface area contributed by atoms with Crippen LogP contribution in [-0.4, -0.2) is 38.3 Å². The summed E-state index contributed by atoms with van der Waals surface area (Å²) in [7, 11) is -2.74. The number of carboxylic acid groups (broad SMARTS) is 1. The minimum absolute atomic E-state index is 0.101. The first-order chi connectivity index (χ1) is 9.66. The zero-order valence-electron chi connectivity index (χ0n) is 10.7. The SMILES string of the molecule is COC(=O)CCS(=O)(=O)Nc1c(Br)cc(Br)cc1C(=O)O. The Labute approximate surface area is 138 Å². The van der Waals surface area contributed by atoms with Crippen molar-refractivity contribution in [2.75, 3.05) is 17.6 Å². The number of methoxy groups -OCH3 is 1. The highest BCUT2D eigenvalue weighted by Gasteiger charge is 2.21. The van der Waals surface area contributed by atoms with E-state index in [0.717, 1.165) is 7.11 Å². The zero-order chi connectivity index (χ0) is 16.2. The fourth-order valence-corrected chi connectivity index (χ4v) is 3.90. The number of rotatable bonds is 6. The summed E-state index contributed by atoms with van der Waals surface area (Å²) in [6.07, 6.45) is -0.331. The third-order valence-electron chi connectivity index (χ3n) is 2.35. The number of carbonyl (C=O) groups is 2. The minimum Gasteiger partial charge on any atom is -0.478 e. The summed E-state index contributed by atoms with van der Waals surface area (Å²) < 4.78 is 31.0. The molecule has 0 amide bonds. The first kappa shape index (κ1) is 17.9. The van der Waals surface area contributed by atoms with Crippen LogP contribution in [0.15, 0.2) is 21.1 Å². The molecular formula is C11H11Br2NO6S. The smallest absolute Gasteiger partial charge is 0.337 e. The lowest BCUT2D eigenvalue weighted by atomic mass is 10.2. The Morgan fingerprint density at radius 3 is 2.48 bits per heavy atom. The number of anilines is 1. The average molecular weight is 445 g/mol. The maximum atomic E-state index is 11.9. The van der Waals surface area contributed by atoms with Gasteiger partial charge >= 0.3 is 11.9 Å². The second kappa shape index (κ2) is 7.23. The number of hydrogen-bond acceptors (Lipinski definition) is 5. The van der Waals surface area contributed by atoms with E-state index >= 15 is 0 Å². The predicted molar refractivity (Wildman–Crippen MR) is 82.8 cm³/mol. The molecule has 0 radical (unpaired) electrons. The van der Waals surface area contributed by atoms with E-state index in [0.29, 0.717) is 4.47 Å². The quantitative estimate of drug-likeness (QED) is 0.651. The van der Waals surface area contributed by atoms with Gasteiger partial charge in [-0.05, 0) is 28.1 Å². The molecule has 1 aromatic rings. The highest BCUT2D eigenvalue weighted by atomic mass is 79.9. The van der Waals surface area contributed by atoms with Gasteiger partial charge in [-0.25, -0.2) is 13.2 Å². The molecule has 0 aliphatic heterocycles. The molecule has 0 heterocycles. The summed E-state index contributed by atoms with van der Waals surface area (Å²) in [5.74, 6) is -2.47. The number of sulfonamides is 1. The number of carbonyl (C=O) groups excluding carboxylic acids is 1. The fourth-order valence-electron chi connectivity index (χ4n) is 1.37. The average Bonchev–Trinajstić information content (AvgIpc) is 2.38. The number of nitrogens with one attached hydrogen (secondary N) is 1. The second-order valence-corrected chi connectivity index (χ2v) is 7.47. The van der Waals surface area contributed by atoms with E-state index in [1.807, 2.05) is 0 Å². The monoisotopic (exact) mass is 443 g/mol. The van der Waals surface area contributed by atoms with Crippen LogP contribution < -0.4 is 4.72 Å². The van der Waals surface area contributed by atoms with Gasteiger partial charge in [0.25, 0.3) is 0 Å². The summed E-state index contributed by atoms with van der Waals surface area (Å²) in [6, 6.07) is 2.77. The summed E-state index contributed by atoms with van der Waals surface area (Å²) in [5.41, 5.74) is -0.326. The highest BCUT2D eigenvalue weighted by Crippen LogP contribution is 2.31. The standard InChI is InChI=1S/C11H11Br2NO6S/c1-20-9(15)2-3-21(18,19)14-10-7(11(16)17)4-6(12)5-8(10)13/h4-5,14H,2-3H2,1H3,(H,16,17). The first-order valence-electron chi connectivity index (χ1n) is 5.46. The molecule has 2 N–H and O–H groups in total. The molecule has 0 aromatic heterocycles. The number of benzene rings is 1. The summed E-state index contributed by atoms with van der Waals surface area (Å²) in [5, 5.41) is 9.12. The Balaban J connectivity index is 3.07. The molecule has 0 fully saturated rings. The maximum Gasteiger partial charge on any atom is 0.337 e. The van der Waals surface area contributed by atoms with Crippen LogP contribution in [0.2, 0.25) is 0 Å². The molecule has 7 nitrogen and oxygen atoms in total. The number of halogens is 2. The molecule has 0 bridgehead atoms. The van der Waals surface area contributed by atoms with Crippen LogP contribution in [0.25, 0.3) is 0 Å².